The average molecular weight is 267 g/mol. The number of benzene rings is 1. The number of aromatic nitrogens is 3. The topological polar surface area (TPSA) is 30.7 Å². The van der Waals surface area contributed by atoms with Crippen LogP contribution in [0.5, 0.6) is 0 Å². The molecule has 0 saturated heterocycles. The summed E-state index contributed by atoms with van der Waals surface area (Å²) in [5.41, 5.74) is 3.61. The first kappa shape index (κ1) is 11.6. The first-order chi connectivity index (χ1) is 9.74. The molecule has 3 nitrogen and oxygen atoms in total. The van der Waals surface area contributed by atoms with Crippen LogP contribution in [0.3, 0.4) is 0 Å². The Hall–Kier alpha value is -2.23. The average Bonchev–Trinajstić information content (AvgIpc) is 3.19. The zero-order chi connectivity index (χ0) is 13.7. The van der Waals surface area contributed by atoms with Gasteiger partial charge in [-0.15, -0.1) is 0 Å². The molecule has 4 heteroatoms. The lowest BCUT2D eigenvalue weighted by atomic mass is 10.2. The van der Waals surface area contributed by atoms with Crippen LogP contribution in [0.4, 0.5) is 4.39 Å². The van der Waals surface area contributed by atoms with E-state index in [1.165, 1.54) is 6.07 Å². The van der Waals surface area contributed by atoms with Crippen molar-refractivity contribution in [2.75, 3.05) is 0 Å². The molecule has 4 rings (SSSR count). The third-order valence-corrected chi connectivity index (χ3v) is 3.80. The van der Waals surface area contributed by atoms with Gasteiger partial charge in [0.05, 0.1) is 23.1 Å². The highest BCUT2D eigenvalue weighted by Gasteiger charge is 2.29. The minimum atomic E-state index is -0.153. The van der Waals surface area contributed by atoms with Crippen molar-refractivity contribution in [1.29, 1.82) is 0 Å². The molecule has 0 aliphatic heterocycles. The first-order valence-electron chi connectivity index (χ1n) is 6.83. The van der Waals surface area contributed by atoms with Crippen LogP contribution >= 0.6 is 0 Å². The summed E-state index contributed by atoms with van der Waals surface area (Å²) in [6.07, 6.45) is 3.98. The molecule has 20 heavy (non-hydrogen) atoms. The van der Waals surface area contributed by atoms with Crippen LogP contribution in [0.1, 0.15) is 24.6 Å². The molecule has 1 saturated carbocycles. The van der Waals surface area contributed by atoms with Crippen molar-refractivity contribution >= 4 is 10.9 Å². The van der Waals surface area contributed by atoms with Crippen LogP contribution in [-0.4, -0.2) is 14.8 Å². The van der Waals surface area contributed by atoms with E-state index in [2.05, 4.69) is 14.8 Å². The number of nitrogens with zero attached hydrogens (tertiary/aromatic N) is 3. The number of halogens is 1. The van der Waals surface area contributed by atoms with Gasteiger partial charge < -0.3 is 4.57 Å². The Morgan fingerprint density at radius 1 is 1.25 bits per heavy atom. The predicted octanol–water partition coefficient (Wildman–Crippen LogP) is 3.88. The molecule has 2 aromatic heterocycles. The Kier molecular flexibility index (Phi) is 2.39. The molecule has 1 aliphatic rings. The standard InChI is InChI=1S/C16H14FN3/c1-10-7-12(9-18-19-10)15-8-11-3-2-4-14(17)16(11)20(15)13-5-6-13/h2-4,7-9,13H,5-6H2,1H3. The van der Waals surface area contributed by atoms with Crippen molar-refractivity contribution in [2.45, 2.75) is 25.8 Å². The number of aryl methyl sites for hydroxylation is 1. The summed E-state index contributed by atoms with van der Waals surface area (Å²) in [6, 6.07) is 9.70. The lowest BCUT2D eigenvalue weighted by molar-refractivity contribution is 0.625. The molecule has 0 atom stereocenters. The van der Waals surface area contributed by atoms with E-state index in [-0.39, 0.29) is 5.82 Å². The fourth-order valence-corrected chi connectivity index (χ4v) is 2.79. The number of para-hydroxylation sites is 1. The highest BCUT2D eigenvalue weighted by atomic mass is 19.1. The summed E-state index contributed by atoms with van der Waals surface area (Å²) in [7, 11) is 0. The Bertz CT molecular complexity index is 803. The predicted molar refractivity (Wildman–Crippen MR) is 75.9 cm³/mol. The Morgan fingerprint density at radius 2 is 2.10 bits per heavy atom. The molecule has 1 aliphatic carbocycles. The van der Waals surface area contributed by atoms with Crippen molar-refractivity contribution in [3.8, 4) is 11.3 Å². The van der Waals surface area contributed by atoms with Gasteiger partial charge in [-0.25, -0.2) is 4.39 Å². The van der Waals surface area contributed by atoms with Crippen molar-refractivity contribution < 1.29 is 4.39 Å². The van der Waals surface area contributed by atoms with Gasteiger partial charge in [0.2, 0.25) is 0 Å². The molecule has 0 N–H and O–H groups in total. The van der Waals surface area contributed by atoms with E-state index in [1.54, 1.807) is 12.3 Å². The fraction of sp³-hybridized carbons (Fsp3) is 0.250. The highest BCUT2D eigenvalue weighted by Crippen LogP contribution is 2.43. The second-order valence-corrected chi connectivity index (χ2v) is 5.39. The molecule has 100 valence electrons. The largest absolute Gasteiger partial charge is 0.335 e. The molecule has 0 bridgehead atoms. The maximum absolute atomic E-state index is 14.2. The number of fused-ring (bicyclic) bond motifs is 1. The smallest absolute Gasteiger partial charge is 0.147 e. The Labute approximate surface area is 116 Å². The molecule has 0 spiro atoms. The van der Waals surface area contributed by atoms with Gasteiger partial charge in [-0.1, -0.05) is 12.1 Å². The number of hydrogen-bond acceptors (Lipinski definition) is 2. The van der Waals surface area contributed by atoms with Gasteiger partial charge in [0.1, 0.15) is 5.82 Å². The SMILES string of the molecule is Cc1cc(-c2cc3cccc(F)c3n2C2CC2)cnn1. The van der Waals surface area contributed by atoms with Gasteiger partial charge in [0.15, 0.2) is 0 Å². The van der Waals surface area contributed by atoms with Crippen molar-refractivity contribution in [1.82, 2.24) is 14.8 Å². The van der Waals surface area contributed by atoms with Crippen LogP contribution in [-0.2, 0) is 0 Å². The zero-order valence-electron chi connectivity index (χ0n) is 11.2. The molecular weight excluding hydrogens is 253 g/mol. The second-order valence-electron chi connectivity index (χ2n) is 5.39. The normalized spacial score (nSPS) is 14.9. The number of hydrogen-bond donors (Lipinski definition) is 0. The summed E-state index contributed by atoms with van der Waals surface area (Å²) in [6.45, 7) is 1.92. The Balaban J connectivity index is 2.04. The minimum absolute atomic E-state index is 0.153. The maximum Gasteiger partial charge on any atom is 0.147 e. The molecule has 0 unspecified atom stereocenters. The van der Waals surface area contributed by atoms with Crippen LogP contribution in [0.25, 0.3) is 22.2 Å². The van der Waals surface area contributed by atoms with E-state index in [0.29, 0.717) is 11.6 Å². The molecule has 0 radical (unpaired) electrons. The highest BCUT2D eigenvalue weighted by molar-refractivity contribution is 5.87. The third-order valence-electron chi connectivity index (χ3n) is 3.80. The van der Waals surface area contributed by atoms with Crippen LogP contribution in [0.2, 0.25) is 0 Å². The lowest BCUT2D eigenvalue weighted by Crippen LogP contribution is -1.99. The van der Waals surface area contributed by atoms with E-state index in [9.17, 15) is 4.39 Å². The van der Waals surface area contributed by atoms with Gasteiger partial charge in [-0.3, -0.25) is 0 Å². The zero-order valence-corrected chi connectivity index (χ0v) is 11.2. The summed E-state index contributed by atoms with van der Waals surface area (Å²) in [5, 5.41) is 8.96. The van der Waals surface area contributed by atoms with Crippen LogP contribution in [0, 0.1) is 12.7 Å². The van der Waals surface area contributed by atoms with E-state index < -0.39 is 0 Å². The van der Waals surface area contributed by atoms with Crippen molar-refractivity contribution in [3.63, 3.8) is 0 Å². The van der Waals surface area contributed by atoms with Gasteiger partial charge in [0, 0.05) is 17.0 Å². The quantitative estimate of drug-likeness (QED) is 0.705. The van der Waals surface area contributed by atoms with Crippen molar-refractivity contribution in [3.05, 3.63) is 48.0 Å². The third kappa shape index (κ3) is 1.72. The number of rotatable bonds is 2. The van der Waals surface area contributed by atoms with Gasteiger partial charge in [0.25, 0.3) is 0 Å². The maximum atomic E-state index is 14.2. The molecule has 1 fully saturated rings. The summed E-state index contributed by atoms with van der Waals surface area (Å²) in [5.74, 6) is -0.153. The van der Waals surface area contributed by atoms with Gasteiger partial charge in [-0.05, 0) is 38.0 Å². The van der Waals surface area contributed by atoms with E-state index in [1.807, 2.05) is 25.1 Å². The molecule has 3 aromatic rings. The van der Waals surface area contributed by atoms with E-state index >= 15 is 0 Å². The molecule has 0 amide bonds. The molecule has 1 aromatic carbocycles. The second kappa shape index (κ2) is 4.13. The van der Waals surface area contributed by atoms with Crippen LogP contribution in [0.15, 0.2) is 36.5 Å². The minimum Gasteiger partial charge on any atom is -0.335 e. The lowest BCUT2D eigenvalue weighted by Gasteiger charge is -2.10. The van der Waals surface area contributed by atoms with E-state index in [4.69, 9.17) is 0 Å². The van der Waals surface area contributed by atoms with E-state index in [0.717, 1.165) is 35.2 Å². The molecule has 2 heterocycles. The summed E-state index contributed by atoms with van der Waals surface area (Å²) >= 11 is 0. The Morgan fingerprint density at radius 3 is 2.85 bits per heavy atom. The van der Waals surface area contributed by atoms with Crippen molar-refractivity contribution in [2.24, 2.45) is 0 Å². The van der Waals surface area contributed by atoms with Crippen LogP contribution < -0.4 is 0 Å². The fourth-order valence-electron chi connectivity index (χ4n) is 2.79. The summed E-state index contributed by atoms with van der Waals surface area (Å²) in [4.78, 5) is 0. The monoisotopic (exact) mass is 267 g/mol. The first-order valence-corrected chi connectivity index (χ1v) is 6.83. The van der Waals surface area contributed by atoms with Gasteiger partial charge in [-0.2, -0.15) is 10.2 Å². The molecular formula is C16H14FN3. The summed E-state index contributed by atoms with van der Waals surface area (Å²) < 4.78 is 16.3. The van der Waals surface area contributed by atoms with Gasteiger partial charge >= 0.3 is 0 Å².